The van der Waals surface area contributed by atoms with Crippen LogP contribution in [0.2, 0.25) is 0 Å². The number of rotatable bonds is 6. The minimum atomic E-state index is -3.85. The minimum Gasteiger partial charge on any atom is -0.462 e. The topological polar surface area (TPSA) is 143 Å². The van der Waals surface area contributed by atoms with Crippen molar-refractivity contribution < 1.29 is 17.9 Å². The molecule has 0 fully saturated rings. The number of anilines is 1. The molecule has 0 saturated carbocycles. The molecule has 4 rings (SSSR count). The molecule has 0 unspecified atom stereocenters. The minimum absolute atomic E-state index is 0.0406. The maximum absolute atomic E-state index is 12.9. The summed E-state index contributed by atoms with van der Waals surface area (Å²) >= 11 is 0. The smallest absolute Gasteiger partial charge is 0.344 e. The van der Waals surface area contributed by atoms with Gasteiger partial charge in [0.15, 0.2) is 5.65 Å². The zero-order valence-electron chi connectivity index (χ0n) is 17.6. The highest BCUT2D eigenvalue weighted by atomic mass is 32.2. The Bertz CT molecular complexity index is 1430. The normalized spacial score (nSPS) is 12.0. The summed E-state index contributed by atoms with van der Waals surface area (Å²) in [7, 11) is -3.85. The van der Waals surface area contributed by atoms with Crippen LogP contribution < -0.4 is 10.9 Å². The average molecular weight is 454 g/mol. The number of hydrogen-bond donors (Lipinski definition) is 2. The Balaban J connectivity index is 1.91. The Morgan fingerprint density at radius 2 is 1.69 bits per heavy atom. The van der Waals surface area contributed by atoms with Crippen LogP contribution in [0.5, 0.6) is 0 Å². The van der Waals surface area contributed by atoms with E-state index in [1.54, 1.807) is 28.8 Å². The van der Waals surface area contributed by atoms with E-state index in [0.29, 0.717) is 40.2 Å². The number of primary sulfonamides is 1. The van der Waals surface area contributed by atoms with Gasteiger partial charge in [-0.15, -0.1) is 0 Å². The molecule has 0 spiro atoms. The standard InChI is InChI=1S/C22H23N5O4S/c1-13(2)11-12-31-22(28)18-19-21(26-17-6-4-3-5-16(17)25-19)27(20(18)23)14-7-9-15(10-8-14)32(24,29)30/h3-10,13H,11-12,23H2,1-2H3,(H2,24,29,30). The predicted molar refractivity (Wildman–Crippen MR) is 122 cm³/mol. The molecule has 4 aromatic rings. The lowest BCUT2D eigenvalue weighted by molar-refractivity contribution is 0.0491. The highest BCUT2D eigenvalue weighted by molar-refractivity contribution is 7.89. The van der Waals surface area contributed by atoms with Crippen molar-refractivity contribution in [3.8, 4) is 5.69 Å². The Hall–Kier alpha value is -3.50. The third-order valence-corrected chi connectivity index (χ3v) is 5.98. The first-order chi connectivity index (χ1) is 15.2. The summed E-state index contributed by atoms with van der Waals surface area (Å²) in [5.41, 5.74) is 8.94. The summed E-state index contributed by atoms with van der Waals surface area (Å²) in [6.07, 6.45) is 0.716. The van der Waals surface area contributed by atoms with Crippen LogP contribution in [0.1, 0.15) is 30.6 Å². The summed E-state index contributed by atoms with van der Waals surface area (Å²) in [5.74, 6) is -0.103. The zero-order chi connectivity index (χ0) is 23.0. The highest BCUT2D eigenvalue weighted by Crippen LogP contribution is 2.31. The third-order valence-electron chi connectivity index (χ3n) is 5.05. The fourth-order valence-electron chi connectivity index (χ4n) is 3.37. The first kappa shape index (κ1) is 21.7. The van der Waals surface area contributed by atoms with Crippen LogP contribution in [0.4, 0.5) is 5.82 Å². The van der Waals surface area contributed by atoms with Gasteiger partial charge < -0.3 is 10.5 Å². The number of nitrogen functional groups attached to an aromatic ring is 1. The molecule has 32 heavy (non-hydrogen) atoms. The van der Waals surface area contributed by atoms with Crippen LogP contribution in [0, 0.1) is 5.92 Å². The quantitative estimate of drug-likeness (QED) is 0.427. The summed E-state index contributed by atoms with van der Waals surface area (Å²) < 4.78 is 30.2. The maximum Gasteiger partial charge on any atom is 0.344 e. The van der Waals surface area contributed by atoms with Gasteiger partial charge in [0.1, 0.15) is 16.9 Å². The van der Waals surface area contributed by atoms with Crippen molar-refractivity contribution in [1.82, 2.24) is 14.5 Å². The van der Waals surface area contributed by atoms with Crippen molar-refractivity contribution in [3.05, 3.63) is 54.1 Å². The number of para-hydroxylation sites is 2. The van der Waals surface area contributed by atoms with E-state index < -0.39 is 16.0 Å². The van der Waals surface area contributed by atoms with E-state index in [1.807, 2.05) is 26.0 Å². The van der Waals surface area contributed by atoms with Gasteiger partial charge in [-0.1, -0.05) is 26.0 Å². The lowest BCUT2D eigenvalue weighted by Crippen LogP contribution is -2.12. The van der Waals surface area contributed by atoms with Crippen molar-refractivity contribution in [3.63, 3.8) is 0 Å². The molecule has 0 aliphatic carbocycles. The van der Waals surface area contributed by atoms with E-state index in [2.05, 4.69) is 9.97 Å². The van der Waals surface area contributed by atoms with Gasteiger partial charge in [-0.25, -0.2) is 28.3 Å². The summed E-state index contributed by atoms with van der Waals surface area (Å²) in [6.45, 7) is 4.33. The van der Waals surface area contributed by atoms with Crippen molar-refractivity contribution in [2.75, 3.05) is 12.3 Å². The molecule has 4 N–H and O–H groups in total. The molecule has 0 bridgehead atoms. The summed E-state index contributed by atoms with van der Waals surface area (Å²) in [4.78, 5) is 22.2. The lowest BCUT2D eigenvalue weighted by Gasteiger charge is -2.09. The van der Waals surface area contributed by atoms with E-state index in [1.165, 1.54) is 12.1 Å². The van der Waals surface area contributed by atoms with Gasteiger partial charge in [0.2, 0.25) is 10.0 Å². The molecule has 166 valence electrons. The number of aromatic nitrogens is 3. The van der Waals surface area contributed by atoms with Crippen molar-refractivity contribution in [2.45, 2.75) is 25.2 Å². The van der Waals surface area contributed by atoms with Crippen molar-refractivity contribution in [2.24, 2.45) is 11.1 Å². The molecule has 9 nitrogen and oxygen atoms in total. The number of hydrogen-bond acceptors (Lipinski definition) is 7. The number of ether oxygens (including phenoxy) is 1. The molecule has 0 aliphatic heterocycles. The van der Waals surface area contributed by atoms with E-state index >= 15 is 0 Å². The number of nitrogens with two attached hydrogens (primary N) is 2. The highest BCUT2D eigenvalue weighted by Gasteiger charge is 2.26. The molecule has 0 atom stereocenters. The summed E-state index contributed by atoms with van der Waals surface area (Å²) in [6, 6.07) is 13.1. The molecule has 0 radical (unpaired) electrons. The average Bonchev–Trinajstić information content (AvgIpc) is 3.02. The Morgan fingerprint density at radius 3 is 2.28 bits per heavy atom. The number of benzene rings is 2. The van der Waals surface area contributed by atoms with Crippen LogP contribution in [-0.4, -0.2) is 35.5 Å². The molecule has 0 amide bonds. The molecule has 0 saturated heterocycles. The molecule has 10 heteroatoms. The van der Waals surface area contributed by atoms with Gasteiger partial charge in [-0.2, -0.15) is 0 Å². The second-order valence-electron chi connectivity index (χ2n) is 7.84. The molecule has 2 aromatic heterocycles. The van der Waals surface area contributed by atoms with Gasteiger partial charge in [0.05, 0.1) is 22.5 Å². The zero-order valence-corrected chi connectivity index (χ0v) is 18.5. The maximum atomic E-state index is 12.9. The van der Waals surface area contributed by atoms with Crippen LogP contribution in [0.3, 0.4) is 0 Å². The van der Waals surface area contributed by atoms with E-state index in [0.717, 1.165) is 0 Å². The monoisotopic (exact) mass is 453 g/mol. The number of carbonyl (C=O) groups is 1. The van der Waals surface area contributed by atoms with Gasteiger partial charge in [0, 0.05) is 5.69 Å². The Kier molecular flexibility index (Phi) is 5.57. The number of esters is 1. The Morgan fingerprint density at radius 1 is 1.06 bits per heavy atom. The fourth-order valence-corrected chi connectivity index (χ4v) is 3.88. The molecule has 0 aliphatic rings. The first-order valence-corrected chi connectivity index (χ1v) is 11.6. The largest absolute Gasteiger partial charge is 0.462 e. The van der Waals surface area contributed by atoms with Crippen LogP contribution in [0.15, 0.2) is 53.4 Å². The Labute approximate surface area is 185 Å². The number of carbonyl (C=O) groups excluding carboxylic acids is 1. The van der Waals surface area contributed by atoms with Gasteiger partial charge in [-0.3, -0.25) is 4.57 Å². The van der Waals surface area contributed by atoms with Gasteiger partial charge >= 0.3 is 5.97 Å². The fraction of sp³-hybridized carbons (Fsp3) is 0.227. The van der Waals surface area contributed by atoms with Crippen molar-refractivity contribution >= 4 is 44.0 Å². The van der Waals surface area contributed by atoms with Crippen molar-refractivity contribution in [1.29, 1.82) is 0 Å². The number of sulfonamides is 1. The van der Waals surface area contributed by atoms with Gasteiger partial charge in [0.25, 0.3) is 0 Å². The molecule has 2 heterocycles. The molecule has 2 aromatic carbocycles. The van der Waals surface area contributed by atoms with E-state index in [9.17, 15) is 13.2 Å². The van der Waals surface area contributed by atoms with E-state index in [-0.39, 0.29) is 22.9 Å². The van der Waals surface area contributed by atoms with E-state index in [4.69, 9.17) is 15.6 Å². The SMILES string of the molecule is CC(C)CCOC(=O)c1c(N)n(-c2ccc(S(N)(=O)=O)cc2)c2nc3ccccc3nc12. The lowest BCUT2D eigenvalue weighted by atomic mass is 10.1. The summed E-state index contributed by atoms with van der Waals surface area (Å²) in [5, 5.41) is 5.20. The third kappa shape index (κ3) is 4.02. The molecular formula is C22H23N5O4S. The van der Waals surface area contributed by atoms with Crippen LogP contribution >= 0.6 is 0 Å². The van der Waals surface area contributed by atoms with Gasteiger partial charge in [-0.05, 0) is 48.7 Å². The first-order valence-electron chi connectivity index (χ1n) is 10.0. The second kappa shape index (κ2) is 8.21. The van der Waals surface area contributed by atoms with Crippen LogP contribution in [0.25, 0.3) is 27.9 Å². The predicted octanol–water partition coefficient (Wildman–Crippen LogP) is 3.01. The second-order valence-corrected chi connectivity index (χ2v) is 9.40. The number of nitrogens with zero attached hydrogens (tertiary/aromatic N) is 3. The number of fused-ring (bicyclic) bond motifs is 2. The van der Waals surface area contributed by atoms with Crippen LogP contribution in [-0.2, 0) is 14.8 Å². The molecular weight excluding hydrogens is 430 g/mol.